The summed E-state index contributed by atoms with van der Waals surface area (Å²) in [6, 6.07) is 9.84. The van der Waals surface area contributed by atoms with Crippen molar-refractivity contribution in [2.45, 2.75) is 32.7 Å². The SMILES string of the molecule is CC(C)n1ncnc1CC(Cc1ccccc1)C(=O)O. The van der Waals surface area contributed by atoms with Gasteiger partial charge in [-0.2, -0.15) is 5.10 Å². The molecule has 0 aliphatic rings. The summed E-state index contributed by atoms with van der Waals surface area (Å²) in [7, 11) is 0. The number of rotatable bonds is 6. The minimum Gasteiger partial charge on any atom is -0.481 e. The molecule has 0 fully saturated rings. The van der Waals surface area contributed by atoms with Gasteiger partial charge in [-0.15, -0.1) is 0 Å². The monoisotopic (exact) mass is 273 g/mol. The predicted octanol–water partition coefficient (Wildman–Crippen LogP) is 2.34. The molecule has 0 aliphatic heterocycles. The molecule has 2 aromatic rings. The van der Waals surface area contributed by atoms with Crippen molar-refractivity contribution in [2.24, 2.45) is 5.92 Å². The van der Waals surface area contributed by atoms with Gasteiger partial charge in [-0.25, -0.2) is 9.67 Å². The van der Waals surface area contributed by atoms with E-state index in [0.717, 1.165) is 11.4 Å². The summed E-state index contributed by atoms with van der Waals surface area (Å²) in [5, 5.41) is 13.6. The van der Waals surface area contributed by atoms with Gasteiger partial charge < -0.3 is 5.11 Å². The fraction of sp³-hybridized carbons (Fsp3) is 0.400. The summed E-state index contributed by atoms with van der Waals surface area (Å²) in [6.45, 7) is 4.01. The molecule has 5 nitrogen and oxygen atoms in total. The minimum atomic E-state index is -0.799. The van der Waals surface area contributed by atoms with Crippen LogP contribution < -0.4 is 0 Å². The molecule has 0 bridgehead atoms. The third kappa shape index (κ3) is 3.44. The molecule has 0 radical (unpaired) electrons. The molecule has 5 heteroatoms. The molecule has 1 unspecified atom stereocenters. The lowest BCUT2D eigenvalue weighted by atomic mass is 9.96. The summed E-state index contributed by atoms with van der Waals surface area (Å²) >= 11 is 0. The Hall–Kier alpha value is -2.17. The molecule has 0 aliphatic carbocycles. The maximum absolute atomic E-state index is 11.5. The Bertz CT molecular complexity index is 564. The van der Waals surface area contributed by atoms with Crippen molar-refractivity contribution in [1.82, 2.24) is 14.8 Å². The lowest BCUT2D eigenvalue weighted by molar-refractivity contribution is -0.141. The van der Waals surface area contributed by atoms with Gasteiger partial charge in [0.15, 0.2) is 0 Å². The summed E-state index contributed by atoms with van der Waals surface area (Å²) in [6.07, 6.45) is 2.38. The molecule has 0 amide bonds. The Morgan fingerprint density at radius 2 is 1.95 bits per heavy atom. The summed E-state index contributed by atoms with van der Waals surface area (Å²) in [4.78, 5) is 15.6. The average molecular weight is 273 g/mol. The van der Waals surface area contributed by atoms with Gasteiger partial charge in [0.05, 0.1) is 5.92 Å². The molecule has 1 heterocycles. The normalized spacial score (nSPS) is 12.6. The highest BCUT2D eigenvalue weighted by molar-refractivity contribution is 5.70. The highest BCUT2D eigenvalue weighted by Crippen LogP contribution is 2.16. The van der Waals surface area contributed by atoms with Crippen LogP contribution in [0.3, 0.4) is 0 Å². The number of aliphatic carboxylic acids is 1. The van der Waals surface area contributed by atoms with Crippen LogP contribution >= 0.6 is 0 Å². The van der Waals surface area contributed by atoms with Crippen LogP contribution in [-0.2, 0) is 17.6 Å². The Labute approximate surface area is 118 Å². The highest BCUT2D eigenvalue weighted by atomic mass is 16.4. The number of aromatic nitrogens is 3. The van der Waals surface area contributed by atoms with Crippen LogP contribution in [0.5, 0.6) is 0 Å². The predicted molar refractivity (Wildman–Crippen MR) is 75.4 cm³/mol. The molecule has 1 aromatic heterocycles. The van der Waals surface area contributed by atoms with Crippen molar-refractivity contribution < 1.29 is 9.90 Å². The Balaban J connectivity index is 2.14. The van der Waals surface area contributed by atoms with Gasteiger partial charge in [-0.1, -0.05) is 30.3 Å². The summed E-state index contributed by atoms with van der Waals surface area (Å²) < 4.78 is 1.78. The van der Waals surface area contributed by atoms with E-state index in [2.05, 4.69) is 10.1 Å². The fourth-order valence-electron chi connectivity index (χ4n) is 2.22. The number of carbonyl (C=O) groups is 1. The van der Waals surface area contributed by atoms with Gasteiger partial charge in [0.1, 0.15) is 12.2 Å². The van der Waals surface area contributed by atoms with E-state index in [0.29, 0.717) is 12.8 Å². The van der Waals surface area contributed by atoms with Gasteiger partial charge >= 0.3 is 5.97 Å². The van der Waals surface area contributed by atoms with E-state index in [1.165, 1.54) is 6.33 Å². The number of nitrogens with zero attached hydrogens (tertiary/aromatic N) is 3. The molecular formula is C15H19N3O2. The van der Waals surface area contributed by atoms with Crippen molar-refractivity contribution in [3.63, 3.8) is 0 Å². The van der Waals surface area contributed by atoms with Crippen molar-refractivity contribution >= 4 is 5.97 Å². The molecule has 0 saturated carbocycles. The molecule has 106 valence electrons. The second-order valence-electron chi connectivity index (χ2n) is 5.14. The van der Waals surface area contributed by atoms with Gasteiger partial charge in [-0.05, 0) is 25.8 Å². The lowest BCUT2D eigenvalue weighted by Crippen LogP contribution is -2.22. The second kappa shape index (κ2) is 6.32. The van der Waals surface area contributed by atoms with Gasteiger partial charge in [0.2, 0.25) is 0 Å². The minimum absolute atomic E-state index is 0.179. The first kappa shape index (κ1) is 14.2. The topological polar surface area (TPSA) is 68.0 Å². The fourth-order valence-corrected chi connectivity index (χ4v) is 2.22. The number of hydrogen-bond donors (Lipinski definition) is 1. The third-order valence-corrected chi connectivity index (χ3v) is 3.24. The van der Waals surface area contributed by atoms with E-state index < -0.39 is 11.9 Å². The molecule has 1 atom stereocenters. The standard InChI is InChI=1S/C15H19N3O2/c1-11(2)18-14(16-10-17-18)9-13(15(19)20)8-12-6-4-3-5-7-12/h3-7,10-11,13H,8-9H2,1-2H3,(H,19,20). The van der Waals surface area contributed by atoms with Crippen molar-refractivity contribution in [2.75, 3.05) is 0 Å². The first-order valence-electron chi connectivity index (χ1n) is 6.73. The molecule has 2 rings (SSSR count). The van der Waals surface area contributed by atoms with Crippen molar-refractivity contribution in [3.8, 4) is 0 Å². The zero-order valence-corrected chi connectivity index (χ0v) is 11.7. The number of carboxylic acid groups (broad SMARTS) is 1. The molecule has 0 saturated heterocycles. The Morgan fingerprint density at radius 1 is 1.25 bits per heavy atom. The van der Waals surface area contributed by atoms with E-state index in [1.54, 1.807) is 4.68 Å². The second-order valence-corrected chi connectivity index (χ2v) is 5.14. The number of hydrogen-bond acceptors (Lipinski definition) is 3. The molecule has 0 spiro atoms. The Kier molecular flexibility index (Phi) is 4.50. The highest BCUT2D eigenvalue weighted by Gasteiger charge is 2.22. The van der Waals surface area contributed by atoms with E-state index >= 15 is 0 Å². The third-order valence-electron chi connectivity index (χ3n) is 3.24. The maximum Gasteiger partial charge on any atom is 0.307 e. The van der Waals surface area contributed by atoms with Crippen molar-refractivity contribution in [1.29, 1.82) is 0 Å². The van der Waals surface area contributed by atoms with Crippen LogP contribution in [0.15, 0.2) is 36.7 Å². The lowest BCUT2D eigenvalue weighted by Gasteiger charge is -2.14. The smallest absolute Gasteiger partial charge is 0.307 e. The maximum atomic E-state index is 11.5. The first-order chi connectivity index (χ1) is 9.58. The number of carboxylic acids is 1. The zero-order valence-electron chi connectivity index (χ0n) is 11.7. The molecule has 1 aromatic carbocycles. The molecular weight excluding hydrogens is 254 g/mol. The van der Waals surface area contributed by atoms with Crippen molar-refractivity contribution in [3.05, 3.63) is 48.0 Å². The Morgan fingerprint density at radius 3 is 2.55 bits per heavy atom. The van der Waals surface area contributed by atoms with Crippen LogP contribution in [0.25, 0.3) is 0 Å². The van der Waals surface area contributed by atoms with E-state index in [4.69, 9.17) is 0 Å². The average Bonchev–Trinajstić information content (AvgIpc) is 2.87. The van der Waals surface area contributed by atoms with Crippen LogP contribution in [0, 0.1) is 5.92 Å². The van der Waals surface area contributed by atoms with E-state index in [9.17, 15) is 9.90 Å². The van der Waals surface area contributed by atoms with Gasteiger partial charge in [0.25, 0.3) is 0 Å². The van der Waals surface area contributed by atoms with E-state index in [-0.39, 0.29) is 6.04 Å². The van der Waals surface area contributed by atoms with Crippen LogP contribution in [0.2, 0.25) is 0 Å². The molecule has 1 N–H and O–H groups in total. The largest absolute Gasteiger partial charge is 0.481 e. The van der Waals surface area contributed by atoms with Crippen LogP contribution in [0.4, 0.5) is 0 Å². The summed E-state index contributed by atoms with van der Waals surface area (Å²) in [5.41, 5.74) is 1.02. The quantitative estimate of drug-likeness (QED) is 0.877. The molecule has 20 heavy (non-hydrogen) atoms. The van der Waals surface area contributed by atoms with Gasteiger partial charge in [-0.3, -0.25) is 4.79 Å². The van der Waals surface area contributed by atoms with E-state index in [1.807, 2.05) is 44.2 Å². The summed E-state index contributed by atoms with van der Waals surface area (Å²) in [5.74, 6) is -0.561. The first-order valence-corrected chi connectivity index (χ1v) is 6.73. The van der Waals surface area contributed by atoms with Crippen LogP contribution in [0.1, 0.15) is 31.3 Å². The zero-order chi connectivity index (χ0) is 14.5. The van der Waals surface area contributed by atoms with Crippen LogP contribution in [-0.4, -0.2) is 25.8 Å². The number of benzene rings is 1. The van der Waals surface area contributed by atoms with Gasteiger partial charge in [0, 0.05) is 12.5 Å².